The van der Waals surface area contributed by atoms with E-state index in [0.717, 1.165) is 11.1 Å². The summed E-state index contributed by atoms with van der Waals surface area (Å²) in [5.74, 6) is 0.598. The van der Waals surface area contributed by atoms with Gasteiger partial charge in [-0.2, -0.15) is 0 Å². The Morgan fingerprint density at radius 3 is 2.14 bits per heavy atom. The van der Waals surface area contributed by atoms with Gasteiger partial charge < -0.3 is 14.2 Å². The number of amides is 1. The van der Waals surface area contributed by atoms with Gasteiger partial charge in [-0.25, -0.2) is 4.79 Å². The standard InChI is InChI=1S/C23H28N4O2/c1-17(2)27(18(3)4)23(28)29-21(20-13-9-6-10-14-20)22-25-24-16-26(22)15-19-11-7-5-8-12-19/h5-14,16-18,21H,15H2,1-4H3. The summed E-state index contributed by atoms with van der Waals surface area (Å²) in [6.07, 6.45) is 0.669. The van der Waals surface area contributed by atoms with Crippen molar-refractivity contribution in [2.45, 2.75) is 52.4 Å². The first-order chi connectivity index (χ1) is 14.0. The Bertz CT molecular complexity index is 899. The van der Waals surface area contributed by atoms with Gasteiger partial charge in [0.25, 0.3) is 0 Å². The molecular weight excluding hydrogens is 364 g/mol. The van der Waals surface area contributed by atoms with Crippen LogP contribution in [0.2, 0.25) is 0 Å². The maximum Gasteiger partial charge on any atom is 0.411 e. The van der Waals surface area contributed by atoms with Crippen molar-refractivity contribution in [3.05, 3.63) is 83.9 Å². The molecule has 0 saturated heterocycles. The van der Waals surface area contributed by atoms with E-state index in [1.165, 1.54) is 0 Å². The molecule has 0 saturated carbocycles. The molecule has 1 atom stereocenters. The Kier molecular flexibility index (Phi) is 6.65. The van der Waals surface area contributed by atoms with Crippen LogP contribution >= 0.6 is 0 Å². The third kappa shape index (κ3) is 5.02. The van der Waals surface area contributed by atoms with E-state index in [1.54, 1.807) is 11.2 Å². The second kappa shape index (κ2) is 9.37. The van der Waals surface area contributed by atoms with E-state index >= 15 is 0 Å². The fourth-order valence-electron chi connectivity index (χ4n) is 3.45. The van der Waals surface area contributed by atoms with Crippen LogP contribution in [0.15, 0.2) is 67.0 Å². The van der Waals surface area contributed by atoms with Crippen LogP contribution in [0.3, 0.4) is 0 Å². The predicted molar refractivity (Wildman–Crippen MR) is 112 cm³/mol. The van der Waals surface area contributed by atoms with Gasteiger partial charge in [0.05, 0.1) is 6.54 Å². The molecule has 1 heterocycles. The molecule has 0 aliphatic heterocycles. The number of benzene rings is 2. The molecule has 3 aromatic rings. The van der Waals surface area contributed by atoms with Gasteiger partial charge in [-0.1, -0.05) is 60.7 Å². The van der Waals surface area contributed by atoms with Crippen molar-refractivity contribution >= 4 is 6.09 Å². The number of hydrogen-bond acceptors (Lipinski definition) is 4. The van der Waals surface area contributed by atoms with E-state index in [-0.39, 0.29) is 18.2 Å². The average molecular weight is 393 g/mol. The topological polar surface area (TPSA) is 60.3 Å². The first kappa shape index (κ1) is 20.6. The highest BCUT2D eigenvalue weighted by Gasteiger charge is 2.29. The minimum Gasteiger partial charge on any atom is -0.433 e. The quantitative estimate of drug-likeness (QED) is 0.586. The summed E-state index contributed by atoms with van der Waals surface area (Å²) in [6.45, 7) is 8.53. The number of ether oxygens (including phenoxy) is 1. The molecule has 0 spiro atoms. The Morgan fingerprint density at radius 1 is 0.966 bits per heavy atom. The van der Waals surface area contributed by atoms with Crippen molar-refractivity contribution in [3.63, 3.8) is 0 Å². The fourth-order valence-corrected chi connectivity index (χ4v) is 3.45. The van der Waals surface area contributed by atoms with E-state index < -0.39 is 6.10 Å². The van der Waals surface area contributed by atoms with E-state index in [1.807, 2.05) is 92.9 Å². The smallest absolute Gasteiger partial charge is 0.411 e. The van der Waals surface area contributed by atoms with Gasteiger partial charge in [-0.3, -0.25) is 0 Å². The van der Waals surface area contributed by atoms with Crippen LogP contribution in [0.1, 0.15) is 50.8 Å². The van der Waals surface area contributed by atoms with Crippen LogP contribution in [0, 0.1) is 0 Å². The number of hydrogen-bond donors (Lipinski definition) is 0. The molecule has 2 aromatic carbocycles. The van der Waals surface area contributed by atoms with Gasteiger partial charge in [-0.05, 0) is 33.3 Å². The highest BCUT2D eigenvalue weighted by atomic mass is 16.6. The van der Waals surface area contributed by atoms with Gasteiger partial charge >= 0.3 is 6.09 Å². The van der Waals surface area contributed by atoms with Gasteiger partial charge in [0.2, 0.25) is 0 Å². The molecule has 0 aliphatic rings. The fraction of sp³-hybridized carbons (Fsp3) is 0.348. The van der Waals surface area contributed by atoms with E-state index in [0.29, 0.717) is 12.4 Å². The van der Waals surface area contributed by atoms with Crippen molar-refractivity contribution in [3.8, 4) is 0 Å². The van der Waals surface area contributed by atoms with E-state index in [4.69, 9.17) is 4.74 Å². The summed E-state index contributed by atoms with van der Waals surface area (Å²) in [5.41, 5.74) is 1.98. The van der Waals surface area contributed by atoms with Gasteiger partial charge in [0, 0.05) is 17.6 Å². The van der Waals surface area contributed by atoms with E-state index in [2.05, 4.69) is 10.2 Å². The predicted octanol–water partition coefficient (Wildman–Crippen LogP) is 4.67. The highest BCUT2D eigenvalue weighted by molar-refractivity contribution is 5.69. The normalized spacial score (nSPS) is 12.2. The number of aromatic nitrogens is 3. The van der Waals surface area contributed by atoms with Crippen molar-refractivity contribution in [1.82, 2.24) is 19.7 Å². The third-order valence-corrected chi connectivity index (χ3v) is 4.72. The van der Waals surface area contributed by atoms with Gasteiger partial charge in [-0.15, -0.1) is 10.2 Å². The van der Waals surface area contributed by atoms with Gasteiger partial charge in [0.15, 0.2) is 11.9 Å². The summed E-state index contributed by atoms with van der Waals surface area (Å²) in [5, 5.41) is 8.40. The summed E-state index contributed by atoms with van der Waals surface area (Å²) < 4.78 is 7.93. The lowest BCUT2D eigenvalue weighted by Crippen LogP contribution is -2.43. The molecule has 0 fully saturated rings. The molecule has 1 unspecified atom stereocenters. The Balaban J connectivity index is 1.94. The Hall–Kier alpha value is -3.15. The maximum atomic E-state index is 13.0. The molecule has 0 N–H and O–H groups in total. The van der Waals surface area contributed by atoms with Crippen LogP contribution < -0.4 is 0 Å². The van der Waals surface area contributed by atoms with Crippen LogP contribution in [-0.2, 0) is 11.3 Å². The second-order valence-electron chi connectivity index (χ2n) is 7.57. The largest absolute Gasteiger partial charge is 0.433 e. The van der Waals surface area contributed by atoms with Crippen molar-refractivity contribution < 1.29 is 9.53 Å². The zero-order valence-electron chi connectivity index (χ0n) is 17.4. The Labute approximate surface area is 172 Å². The molecular formula is C23H28N4O2. The lowest BCUT2D eigenvalue weighted by atomic mass is 10.1. The zero-order valence-corrected chi connectivity index (χ0v) is 17.4. The SMILES string of the molecule is CC(C)N(C(=O)OC(c1ccccc1)c1nncn1Cc1ccccc1)C(C)C. The number of nitrogens with zero attached hydrogens (tertiary/aromatic N) is 4. The van der Waals surface area contributed by atoms with Gasteiger partial charge in [0.1, 0.15) is 6.33 Å². The van der Waals surface area contributed by atoms with Crippen LogP contribution in [0.25, 0.3) is 0 Å². The minimum atomic E-state index is -0.644. The maximum absolute atomic E-state index is 13.0. The lowest BCUT2D eigenvalue weighted by Gasteiger charge is -2.31. The highest BCUT2D eigenvalue weighted by Crippen LogP contribution is 2.26. The van der Waals surface area contributed by atoms with Crippen LogP contribution in [0.4, 0.5) is 4.79 Å². The summed E-state index contributed by atoms with van der Waals surface area (Å²) in [7, 11) is 0. The summed E-state index contributed by atoms with van der Waals surface area (Å²) >= 11 is 0. The molecule has 1 aromatic heterocycles. The minimum absolute atomic E-state index is 0.0288. The van der Waals surface area contributed by atoms with Crippen molar-refractivity contribution in [1.29, 1.82) is 0 Å². The molecule has 152 valence electrons. The third-order valence-electron chi connectivity index (χ3n) is 4.72. The Morgan fingerprint density at radius 2 is 1.55 bits per heavy atom. The molecule has 6 heteroatoms. The molecule has 0 aliphatic carbocycles. The molecule has 6 nitrogen and oxygen atoms in total. The summed E-state index contributed by atoms with van der Waals surface area (Å²) in [4.78, 5) is 14.8. The molecule has 0 radical (unpaired) electrons. The zero-order chi connectivity index (χ0) is 20.8. The number of rotatable bonds is 7. The number of carbonyl (C=O) groups excluding carboxylic acids is 1. The molecule has 3 rings (SSSR count). The number of carbonyl (C=O) groups is 1. The first-order valence-corrected chi connectivity index (χ1v) is 9.93. The second-order valence-corrected chi connectivity index (χ2v) is 7.57. The summed E-state index contributed by atoms with van der Waals surface area (Å²) in [6, 6.07) is 19.8. The van der Waals surface area contributed by atoms with Crippen molar-refractivity contribution in [2.24, 2.45) is 0 Å². The van der Waals surface area contributed by atoms with Crippen LogP contribution in [0.5, 0.6) is 0 Å². The van der Waals surface area contributed by atoms with E-state index in [9.17, 15) is 4.79 Å². The van der Waals surface area contributed by atoms with Crippen molar-refractivity contribution in [2.75, 3.05) is 0 Å². The molecule has 0 bridgehead atoms. The monoisotopic (exact) mass is 392 g/mol. The average Bonchev–Trinajstić information content (AvgIpc) is 3.15. The molecule has 1 amide bonds. The van der Waals surface area contributed by atoms with Crippen LogP contribution in [-0.4, -0.2) is 37.8 Å². The first-order valence-electron chi connectivity index (χ1n) is 9.93. The molecule has 29 heavy (non-hydrogen) atoms. The lowest BCUT2D eigenvalue weighted by molar-refractivity contribution is 0.0540.